The van der Waals surface area contributed by atoms with Crippen LogP contribution >= 0.6 is 11.3 Å². The Morgan fingerprint density at radius 2 is 2.39 bits per heavy atom. The molecule has 18 heavy (non-hydrogen) atoms. The van der Waals surface area contributed by atoms with Crippen LogP contribution in [-0.2, 0) is 16.0 Å². The molecule has 0 aliphatic carbocycles. The van der Waals surface area contributed by atoms with Crippen LogP contribution in [0.4, 0.5) is 0 Å². The van der Waals surface area contributed by atoms with Crippen LogP contribution in [0, 0.1) is 6.92 Å². The molecular formula is C11H14N4O2S. The first-order chi connectivity index (χ1) is 8.66. The molecule has 1 aromatic rings. The van der Waals surface area contributed by atoms with Gasteiger partial charge in [-0.15, -0.1) is 11.3 Å². The molecule has 1 aromatic heterocycles. The number of amides is 2. The van der Waals surface area contributed by atoms with Crippen molar-refractivity contribution in [1.29, 1.82) is 0 Å². The summed E-state index contributed by atoms with van der Waals surface area (Å²) in [6.45, 7) is 2.50. The fourth-order valence-corrected chi connectivity index (χ4v) is 2.38. The van der Waals surface area contributed by atoms with E-state index in [0.29, 0.717) is 25.1 Å². The normalized spacial score (nSPS) is 14.9. The summed E-state index contributed by atoms with van der Waals surface area (Å²) in [5, 5.41) is 6.53. The quantitative estimate of drug-likeness (QED) is 0.826. The van der Waals surface area contributed by atoms with Gasteiger partial charge in [0.15, 0.2) is 0 Å². The lowest BCUT2D eigenvalue weighted by molar-refractivity contribution is -0.121. The highest BCUT2D eigenvalue weighted by molar-refractivity contribution is 7.09. The van der Waals surface area contributed by atoms with Crippen LogP contribution in [-0.4, -0.2) is 29.1 Å². The number of nitrogens with zero attached hydrogens (tertiary/aromatic N) is 2. The maximum atomic E-state index is 11.7. The number of carbonyl (C=O) groups is 2. The number of thiazole rings is 1. The van der Waals surface area contributed by atoms with Crippen LogP contribution in [0.1, 0.15) is 23.4 Å². The fourth-order valence-electron chi connectivity index (χ4n) is 1.60. The van der Waals surface area contributed by atoms with Gasteiger partial charge in [-0.3, -0.25) is 9.59 Å². The smallest absolute Gasteiger partial charge is 0.267 e. The second kappa shape index (κ2) is 5.72. The van der Waals surface area contributed by atoms with Crippen LogP contribution < -0.4 is 10.7 Å². The molecule has 0 fully saturated rings. The summed E-state index contributed by atoms with van der Waals surface area (Å²) >= 11 is 1.59. The average molecular weight is 266 g/mol. The minimum atomic E-state index is -0.211. The van der Waals surface area contributed by atoms with Gasteiger partial charge >= 0.3 is 0 Å². The van der Waals surface area contributed by atoms with Gasteiger partial charge in [0.05, 0.1) is 11.2 Å². The van der Waals surface area contributed by atoms with E-state index in [9.17, 15) is 9.59 Å². The molecule has 1 aliphatic heterocycles. The van der Waals surface area contributed by atoms with Gasteiger partial charge < -0.3 is 5.32 Å². The van der Waals surface area contributed by atoms with Crippen LogP contribution in [0.25, 0.3) is 0 Å². The van der Waals surface area contributed by atoms with E-state index in [2.05, 4.69) is 20.8 Å². The lowest BCUT2D eigenvalue weighted by Gasteiger charge is -2.11. The molecule has 96 valence electrons. The molecule has 0 atom stereocenters. The van der Waals surface area contributed by atoms with E-state index in [1.807, 2.05) is 6.92 Å². The molecule has 2 rings (SSSR count). The van der Waals surface area contributed by atoms with Crippen LogP contribution in [0.3, 0.4) is 0 Å². The highest BCUT2D eigenvalue weighted by atomic mass is 32.1. The molecule has 0 aromatic carbocycles. The van der Waals surface area contributed by atoms with Gasteiger partial charge in [0.2, 0.25) is 5.91 Å². The van der Waals surface area contributed by atoms with Crippen molar-refractivity contribution in [3.05, 3.63) is 16.1 Å². The highest BCUT2D eigenvalue weighted by Crippen LogP contribution is 2.11. The largest absolute Gasteiger partial charge is 0.351 e. The van der Waals surface area contributed by atoms with E-state index in [1.165, 1.54) is 4.88 Å². The van der Waals surface area contributed by atoms with Crippen molar-refractivity contribution >= 4 is 28.9 Å². The third kappa shape index (κ3) is 3.13. The number of nitrogens with one attached hydrogen (secondary N) is 2. The van der Waals surface area contributed by atoms with Gasteiger partial charge in [0, 0.05) is 30.7 Å². The Hall–Kier alpha value is -1.76. The first-order valence-corrected chi connectivity index (χ1v) is 6.57. The van der Waals surface area contributed by atoms with Crippen LogP contribution in [0.2, 0.25) is 0 Å². The second-order valence-electron chi connectivity index (χ2n) is 3.96. The van der Waals surface area contributed by atoms with E-state index in [0.717, 1.165) is 12.1 Å². The van der Waals surface area contributed by atoms with Crippen LogP contribution in [0.5, 0.6) is 0 Å². The summed E-state index contributed by atoms with van der Waals surface area (Å²) in [6, 6.07) is 0. The van der Waals surface area contributed by atoms with Crippen molar-refractivity contribution < 1.29 is 9.59 Å². The fraction of sp³-hybridized carbons (Fsp3) is 0.455. The molecule has 0 radical (unpaired) electrons. The highest BCUT2D eigenvalue weighted by Gasteiger charge is 2.17. The minimum absolute atomic E-state index is 0.146. The zero-order chi connectivity index (χ0) is 13.0. The van der Waals surface area contributed by atoms with Gasteiger partial charge in [0.1, 0.15) is 5.71 Å². The molecule has 0 bridgehead atoms. The third-order valence-electron chi connectivity index (χ3n) is 2.65. The van der Waals surface area contributed by atoms with Crippen LogP contribution in [0.15, 0.2) is 10.6 Å². The van der Waals surface area contributed by atoms with Crippen molar-refractivity contribution in [1.82, 2.24) is 15.7 Å². The SMILES string of the molecule is Cc1ncsc1CCNC(=O)C1=NNC(=O)CC1. The van der Waals surface area contributed by atoms with E-state index in [1.54, 1.807) is 16.8 Å². The zero-order valence-corrected chi connectivity index (χ0v) is 10.8. The van der Waals surface area contributed by atoms with Crippen molar-refractivity contribution in [3.8, 4) is 0 Å². The van der Waals surface area contributed by atoms with E-state index in [-0.39, 0.29) is 11.8 Å². The summed E-state index contributed by atoms with van der Waals surface area (Å²) < 4.78 is 0. The summed E-state index contributed by atoms with van der Waals surface area (Å²) in [7, 11) is 0. The molecule has 2 N–H and O–H groups in total. The summed E-state index contributed by atoms with van der Waals surface area (Å²) in [6.07, 6.45) is 1.49. The lowest BCUT2D eigenvalue weighted by atomic mass is 10.1. The zero-order valence-electron chi connectivity index (χ0n) is 10.0. The van der Waals surface area contributed by atoms with Crippen molar-refractivity contribution in [2.75, 3.05) is 6.54 Å². The average Bonchev–Trinajstić information content (AvgIpc) is 2.76. The Bertz CT molecular complexity index is 495. The van der Waals surface area contributed by atoms with E-state index >= 15 is 0 Å². The molecule has 2 amide bonds. The van der Waals surface area contributed by atoms with Gasteiger partial charge in [-0.2, -0.15) is 5.10 Å². The maximum Gasteiger partial charge on any atom is 0.267 e. The van der Waals surface area contributed by atoms with Gasteiger partial charge in [-0.25, -0.2) is 10.4 Å². The molecule has 0 unspecified atom stereocenters. The molecule has 0 spiro atoms. The molecule has 1 aliphatic rings. The molecule has 2 heterocycles. The first-order valence-electron chi connectivity index (χ1n) is 5.69. The molecule has 0 saturated carbocycles. The number of hydrazone groups is 1. The van der Waals surface area contributed by atoms with Crippen molar-refractivity contribution in [2.24, 2.45) is 5.10 Å². The standard InChI is InChI=1S/C11H14N4O2S/c1-7-9(18-6-13-7)4-5-12-11(17)8-2-3-10(16)15-14-8/h6H,2-5H2,1H3,(H,12,17)(H,15,16). The number of aromatic nitrogens is 1. The predicted molar refractivity (Wildman–Crippen MR) is 68.4 cm³/mol. The lowest BCUT2D eigenvalue weighted by Crippen LogP contribution is -2.37. The monoisotopic (exact) mass is 266 g/mol. The Labute approximate surface area is 108 Å². The third-order valence-corrected chi connectivity index (χ3v) is 3.64. The second-order valence-corrected chi connectivity index (χ2v) is 4.90. The van der Waals surface area contributed by atoms with E-state index in [4.69, 9.17) is 0 Å². The first kappa shape index (κ1) is 12.7. The van der Waals surface area contributed by atoms with Gasteiger partial charge in [-0.1, -0.05) is 0 Å². The van der Waals surface area contributed by atoms with E-state index < -0.39 is 0 Å². The Balaban J connectivity index is 1.79. The van der Waals surface area contributed by atoms with Crippen molar-refractivity contribution in [3.63, 3.8) is 0 Å². The number of rotatable bonds is 4. The number of carbonyl (C=O) groups excluding carboxylic acids is 2. The molecule has 6 nitrogen and oxygen atoms in total. The number of hydrogen-bond donors (Lipinski definition) is 2. The molecule has 0 saturated heterocycles. The molecular weight excluding hydrogens is 252 g/mol. The van der Waals surface area contributed by atoms with Gasteiger partial charge in [0.25, 0.3) is 5.91 Å². The number of hydrogen-bond acceptors (Lipinski definition) is 5. The number of aryl methyl sites for hydroxylation is 1. The van der Waals surface area contributed by atoms with Gasteiger partial charge in [-0.05, 0) is 6.92 Å². The maximum absolute atomic E-state index is 11.7. The summed E-state index contributed by atoms with van der Waals surface area (Å²) in [5.74, 6) is -0.357. The Morgan fingerprint density at radius 1 is 1.56 bits per heavy atom. The summed E-state index contributed by atoms with van der Waals surface area (Å²) in [5.41, 5.74) is 5.50. The van der Waals surface area contributed by atoms with Crippen molar-refractivity contribution in [2.45, 2.75) is 26.2 Å². The summed E-state index contributed by atoms with van der Waals surface area (Å²) in [4.78, 5) is 27.9. The topological polar surface area (TPSA) is 83.4 Å². The Kier molecular flexibility index (Phi) is 4.03. The molecule has 7 heteroatoms. The minimum Gasteiger partial charge on any atom is -0.351 e. The predicted octanol–water partition coefficient (Wildman–Crippen LogP) is 0.376. The Morgan fingerprint density at radius 3 is 3.00 bits per heavy atom.